The zero-order valence-corrected chi connectivity index (χ0v) is 13.5. The highest BCUT2D eigenvalue weighted by Crippen LogP contribution is 2.21. The summed E-state index contributed by atoms with van der Waals surface area (Å²) in [5.74, 6) is 0.866. The number of aryl methyl sites for hydroxylation is 1. The maximum Gasteiger partial charge on any atom is 0.224 e. The molecule has 0 unspecified atom stereocenters. The van der Waals surface area contributed by atoms with Gasteiger partial charge in [0.2, 0.25) is 5.91 Å². The summed E-state index contributed by atoms with van der Waals surface area (Å²) in [6, 6.07) is 5.80. The molecule has 3 N–H and O–H groups in total. The molecule has 0 aliphatic carbocycles. The van der Waals surface area contributed by atoms with Crippen molar-refractivity contribution in [3.05, 3.63) is 28.2 Å². The molecule has 0 bridgehead atoms. The Morgan fingerprint density at radius 1 is 1.42 bits per heavy atom. The molecule has 1 atom stereocenters. The number of benzene rings is 1. The van der Waals surface area contributed by atoms with Gasteiger partial charge in [0, 0.05) is 16.6 Å². The minimum atomic E-state index is 0.0397. The van der Waals surface area contributed by atoms with E-state index in [1.165, 1.54) is 0 Å². The van der Waals surface area contributed by atoms with Crippen molar-refractivity contribution in [3.63, 3.8) is 0 Å². The molecule has 3 nitrogen and oxygen atoms in total. The van der Waals surface area contributed by atoms with Gasteiger partial charge in [0.1, 0.15) is 0 Å². The Labute approximate surface area is 124 Å². The van der Waals surface area contributed by atoms with Gasteiger partial charge in [-0.2, -0.15) is 0 Å². The molecule has 0 aliphatic heterocycles. The summed E-state index contributed by atoms with van der Waals surface area (Å²) >= 11 is 3.44. The minimum Gasteiger partial charge on any atom is -0.330 e. The summed E-state index contributed by atoms with van der Waals surface area (Å²) < 4.78 is 1.05. The van der Waals surface area contributed by atoms with Gasteiger partial charge in [0.15, 0.2) is 0 Å². The SMILES string of the molecule is Cc1cc(NC(=O)C[C@@H](CN)CC(C)C)ccc1Br. The molecule has 1 aromatic rings. The lowest BCUT2D eigenvalue weighted by atomic mass is 9.94. The molecule has 106 valence electrons. The zero-order chi connectivity index (χ0) is 14.4. The van der Waals surface area contributed by atoms with Crippen LogP contribution in [0, 0.1) is 18.8 Å². The summed E-state index contributed by atoms with van der Waals surface area (Å²) in [5, 5.41) is 2.93. The van der Waals surface area contributed by atoms with E-state index < -0.39 is 0 Å². The number of halogens is 1. The van der Waals surface area contributed by atoms with E-state index in [0.29, 0.717) is 18.9 Å². The van der Waals surface area contributed by atoms with E-state index in [2.05, 4.69) is 35.1 Å². The average Bonchev–Trinajstić information content (AvgIpc) is 2.32. The number of carbonyl (C=O) groups is 1. The van der Waals surface area contributed by atoms with Crippen molar-refractivity contribution in [2.75, 3.05) is 11.9 Å². The van der Waals surface area contributed by atoms with Crippen LogP contribution in [-0.4, -0.2) is 12.5 Å². The Balaban J connectivity index is 2.56. The van der Waals surface area contributed by atoms with Gasteiger partial charge in [-0.05, 0) is 55.5 Å². The van der Waals surface area contributed by atoms with Crippen LogP contribution in [0.5, 0.6) is 0 Å². The molecule has 0 radical (unpaired) electrons. The second kappa shape index (κ2) is 7.65. The van der Waals surface area contributed by atoms with Crippen LogP contribution in [-0.2, 0) is 4.79 Å². The Kier molecular flexibility index (Phi) is 6.52. The number of hydrogen-bond acceptors (Lipinski definition) is 2. The van der Waals surface area contributed by atoms with Crippen LogP contribution >= 0.6 is 15.9 Å². The Morgan fingerprint density at radius 2 is 2.11 bits per heavy atom. The largest absolute Gasteiger partial charge is 0.330 e. The van der Waals surface area contributed by atoms with Gasteiger partial charge in [0.25, 0.3) is 0 Å². The van der Waals surface area contributed by atoms with Gasteiger partial charge in [-0.25, -0.2) is 0 Å². The molecule has 1 amide bonds. The lowest BCUT2D eigenvalue weighted by molar-refractivity contribution is -0.117. The molecule has 1 rings (SSSR count). The molecular weight excluding hydrogens is 304 g/mol. The number of rotatable bonds is 6. The molecular formula is C15H23BrN2O. The molecule has 0 spiro atoms. The third kappa shape index (κ3) is 5.74. The lowest BCUT2D eigenvalue weighted by Crippen LogP contribution is -2.23. The third-order valence-corrected chi connectivity index (χ3v) is 3.94. The van der Waals surface area contributed by atoms with Crippen LogP contribution in [0.4, 0.5) is 5.69 Å². The highest BCUT2D eigenvalue weighted by Gasteiger charge is 2.14. The van der Waals surface area contributed by atoms with Gasteiger partial charge in [-0.3, -0.25) is 4.79 Å². The standard InChI is InChI=1S/C15H23BrN2O/c1-10(2)6-12(9-17)8-15(19)18-13-4-5-14(16)11(3)7-13/h4-5,7,10,12H,6,8-9,17H2,1-3H3,(H,18,19)/t12-/m0/s1. The molecule has 19 heavy (non-hydrogen) atoms. The van der Waals surface area contributed by atoms with E-state index in [9.17, 15) is 4.79 Å². The van der Waals surface area contributed by atoms with Gasteiger partial charge in [-0.15, -0.1) is 0 Å². The first-order valence-corrected chi connectivity index (χ1v) is 7.47. The molecule has 1 aromatic carbocycles. The van der Waals surface area contributed by atoms with Gasteiger partial charge >= 0.3 is 0 Å². The van der Waals surface area contributed by atoms with Crippen molar-refractivity contribution in [2.45, 2.75) is 33.6 Å². The fourth-order valence-electron chi connectivity index (χ4n) is 2.13. The highest BCUT2D eigenvalue weighted by molar-refractivity contribution is 9.10. The van der Waals surface area contributed by atoms with E-state index in [1.807, 2.05) is 25.1 Å². The molecule has 4 heteroatoms. The number of amides is 1. The molecule has 0 fully saturated rings. The van der Waals surface area contributed by atoms with Crippen molar-refractivity contribution in [3.8, 4) is 0 Å². The van der Waals surface area contributed by atoms with E-state index in [-0.39, 0.29) is 11.8 Å². The van der Waals surface area contributed by atoms with E-state index in [4.69, 9.17) is 5.73 Å². The Hall–Kier alpha value is -0.870. The first kappa shape index (κ1) is 16.2. The fraction of sp³-hybridized carbons (Fsp3) is 0.533. The van der Waals surface area contributed by atoms with E-state index in [0.717, 1.165) is 22.1 Å². The van der Waals surface area contributed by atoms with Crippen LogP contribution in [0.2, 0.25) is 0 Å². The molecule has 0 aliphatic rings. The summed E-state index contributed by atoms with van der Waals surface area (Å²) in [6.45, 7) is 6.86. The van der Waals surface area contributed by atoms with Crippen molar-refractivity contribution in [1.29, 1.82) is 0 Å². The fourth-order valence-corrected chi connectivity index (χ4v) is 2.37. The maximum atomic E-state index is 12.0. The minimum absolute atomic E-state index is 0.0397. The lowest BCUT2D eigenvalue weighted by Gasteiger charge is -2.16. The Bertz CT molecular complexity index is 432. The number of nitrogens with one attached hydrogen (secondary N) is 1. The monoisotopic (exact) mass is 326 g/mol. The quantitative estimate of drug-likeness (QED) is 0.837. The molecule has 0 saturated heterocycles. The second-order valence-electron chi connectivity index (χ2n) is 5.45. The number of hydrogen-bond donors (Lipinski definition) is 2. The first-order valence-electron chi connectivity index (χ1n) is 6.68. The number of nitrogens with two attached hydrogens (primary N) is 1. The van der Waals surface area contributed by atoms with Gasteiger partial charge in [0.05, 0.1) is 0 Å². The second-order valence-corrected chi connectivity index (χ2v) is 6.30. The van der Waals surface area contributed by atoms with Gasteiger partial charge in [-0.1, -0.05) is 29.8 Å². The normalized spacial score (nSPS) is 12.5. The molecule has 0 aromatic heterocycles. The van der Waals surface area contributed by atoms with Crippen molar-refractivity contribution in [2.24, 2.45) is 17.6 Å². The van der Waals surface area contributed by atoms with E-state index >= 15 is 0 Å². The van der Waals surface area contributed by atoms with Crippen LogP contribution < -0.4 is 11.1 Å². The highest BCUT2D eigenvalue weighted by atomic mass is 79.9. The third-order valence-electron chi connectivity index (χ3n) is 3.05. The van der Waals surface area contributed by atoms with Crippen LogP contribution in [0.3, 0.4) is 0 Å². The number of carbonyl (C=O) groups excluding carboxylic acids is 1. The van der Waals surface area contributed by atoms with Crippen molar-refractivity contribution >= 4 is 27.5 Å². The topological polar surface area (TPSA) is 55.1 Å². The predicted octanol–water partition coefficient (Wildman–Crippen LogP) is 3.71. The van der Waals surface area contributed by atoms with Crippen LogP contribution in [0.15, 0.2) is 22.7 Å². The van der Waals surface area contributed by atoms with Gasteiger partial charge < -0.3 is 11.1 Å². The van der Waals surface area contributed by atoms with E-state index in [1.54, 1.807) is 0 Å². The maximum absolute atomic E-state index is 12.0. The van der Waals surface area contributed by atoms with Crippen LogP contribution in [0.1, 0.15) is 32.3 Å². The van der Waals surface area contributed by atoms with Crippen LogP contribution in [0.25, 0.3) is 0 Å². The number of anilines is 1. The first-order chi connectivity index (χ1) is 8.92. The smallest absolute Gasteiger partial charge is 0.224 e. The molecule has 0 heterocycles. The zero-order valence-electron chi connectivity index (χ0n) is 11.9. The Morgan fingerprint density at radius 3 is 2.63 bits per heavy atom. The predicted molar refractivity (Wildman–Crippen MR) is 84.1 cm³/mol. The summed E-state index contributed by atoms with van der Waals surface area (Å²) in [5.41, 5.74) is 7.67. The average molecular weight is 327 g/mol. The van der Waals surface area contributed by atoms with Crippen molar-refractivity contribution in [1.82, 2.24) is 0 Å². The van der Waals surface area contributed by atoms with Crippen molar-refractivity contribution < 1.29 is 4.79 Å². The molecule has 0 saturated carbocycles. The summed E-state index contributed by atoms with van der Waals surface area (Å²) in [6.07, 6.45) is 1.48. The summed E-state index contributed by atoms with van der Waals surface area (Å²) in [7, 11) is 0. The summed E-state index contributed by atoms with van der Waals surface area (Å²) in [4.78, 5) is 12.0.